The Labute approximate surface area is 655 Å². The molecule has 0 radical (unpaired) electrons. The van der Waals surface area contributed by atoms with Gasteiger partial charge in [-0.2, -0.15) is 0 Å². The largest absolute Gasteiger partial charge is 0.310 e. The molecule has 0 N–H and O–H groups in total. The Morgan fingerprint density at radius 1 is 0.123 bits per heavy atom. The molecule has 0 spiro atoms. The maximum Gasteiger partial charge on any atom is 0.0472 e. The van der Waals surface area contributed by atoms with Gasteiger partial charge in [0.15, 0.2) is 0 Å². The SMILES string of the molecule is Brc1cccc(N(c2ccc(-c3ccccc3)cc2)c2ccc3ccccc3c2)c1.Brc1cccc(N(c2ccccc2)c2ccc(-c3ccccc3)cc2)c1.Brc1cccc(N(c2ccccc2)c2ccc3ccccc3c2)c1.Brc1cccc(N(c2ccccc2)c2cccc(-c3ccccc3)c2)c1. The van der Waals surface area contributed by atoms with Gasteiger partial charge in [0.2, 0.25) is 0 Å². The number of fused-ring (bicyclic) bond motifs is 2. The molecule has 0 unspecified atom stereocenters. The predicted octanol–water partition coefficient (Wildman–Crippen LogP) is 31.0. The van der Waals surface area contributed by atoms with Crippen LogP contribution >= 0.6 is 63.7 Å². The molecule has 0 aliphatic heterocycles. The van der Waals surface area contributed by atoms with Crippen molar-refractivity contribution in [1.29, 1.82) is 0 Å². The molecular weight excluding hydrogens is 1550 g/mol. The van der Waals surface area contributed by atoms with Crippen molar-refractivity contribution in [1.82, 2.24) is 0 Å². The molecule has 0 aliphatic carbocycles. The summed E-state index contributed by atoms with van der Waals surface area (Å²) in [6, 6.07) is 153. The van der Waals surface area contributed by atoms with Crippen LogP contribution in [0, 0.1) is 0 Å². The van der Waals surface area contributed by atoms with E-state index in [-0.39, 0.29) is 0 Å². The first-order valence-corrected chi connectivity index (χ1v) is 38.2. The van der Waals surface area contributed by atoms with Gasteiger partial charge in [0.25, 0.3) is 0 Å². The van der Waals surface area contributed by atoms with E-state index in [1.807, 2.05) is 54.6 Å². The molecule has 0 aromatic heterocycles. The highest BCUT2D eigenvalue weighted by Gasteiger charge is 2.18. The van der Waals surface area contributed by atoms with Crippen LogP contribution in [-0.4, -0.2) is 0 Å². The maximum atomic E-state index is 3.63. The first-order valence-electron chi connectivity index (χ1n) is 35.0. The van der Waals surface area contributed by atoms with Crippen LogP contribution in [0.1, 0.15) is 0 Å². The Bertz CT molecular complexity index is 5660. The zero-order chi connectivity index (χ0) is 72.2. The zero-order valence-corrected chi connectivity index (χ0v) is 64.2. The molecule has 0 aliphatic rings. The fourth-order valence-electron chi connectivity index (χ4n) is 12.9. The molecule has 8 heteroatoms. The average Bonchev–Trinajstić information content (AvgIpc) is 0.811. The van der Waals surface area contributed by atoms with Gasteiger partial charge in [0, 0.05) is 86.1 Å². The molecular formula is C98H72Br4N4. The van der Waals surface area contributed by atoms with Crippen LogP contribution in [0.5, 0.6) is 0 Å². The van der Waals surface area contributed by atoms with E-state index in [1.165, 1.54) is 54.9 Å². The van der Waals surface area contributed by atoms with E-state index in [0.717, 1.165) is 86.1 Å². The second-order valence-electron chi connectivity index (χ2n) is 25.1. The molecule has 0 atom stereocenters. The number of hydrogen-bond donors (Lipinski definition) is 0. The summed E-state index contributed by atoms with van der Waals surface area (Å²) in [5.41, 5.74) is 20.9. The molecule has 0 saturated heterocycles. The van der Waals surface area contributed by atoms with Crippen LogP contribution in [0.15, 0.2) is 455 Å². The first kappa shape index (κ1) is 71.4. The lowest BCUT2D eigenvalue weighted by Crippen LogP contribution is -2.09. The third-order valence-electron chi connectivity index (χ3n) is 18.0. The van der Waals surface area contributed by atoms with Gasteiger partial charge in [-0.25, -0.2) is 0 Å². The highest BCUT2D eigenvalue weighted by atomic mass is 79.9. The minimum absolute atomic E-state index is 1.06. The van der Waals surface area contributed by atoms with Crippen molar-refractivity contribution >= 4 is 154 Å². The Kier molecular flexibility index (Phi) is 23.7. The van der Waals surface area contributed by atoms with Crippen molar-refractivity contribution in [3.63, 3.8) is 0 Å². The molecule has 0 saturated carbocycles. The standard InChI is InChI=1S/C28H20BrN.2C24H18BrN.C22H16BrN/c29-25-11-6-12-27(20-25)30(28-18-15-22-9-4-5-10-24(22)19-28)26-16-13-23(14-17-26)21-7-2-1-3-8-21;25-21-12-8-16-24(18-21)26(22-13-5-2-6-14-22)23-15-7-11-20(17-23)19-9-3-1-4-10-19;25-21-10-7-13-24(18-21)26(22-11-5-2-6-12-22)23-16-14-20(15-17-23)19-8-3-1-4-9-19;23-19-9-6-12-21(16-19)24(20-10-2-1-3-11-20)22-14-13-17-7-4-5-8-18(17)15-22/h1-20H;2*1-18H;1-16H. The molecule has 17 aromatic carbocycles. The van der Waals surface area contributed by atoms with E-state index >= 15 is 0 Å². The fraction of sp³-hybridized carbons (Fsp3) is 0. The van der Waals surface area contributed by atoms with E-state index in [2.05, 4.69) is 466 Å². The summed E-state index contributed by atoms with van der Waals surface area (Å²) >= 11 is 14.4. The van der Waals surface area contributed by atoms with E-state index in [0.29, 0.717) is 0 Å². The second-order valence-corrected chi connectivity index (χ2v) is 28.7. The third kappa shape index (κ3) is 18.1. The van der Waals surface area contributed by atoms with E-state index in [1.54, 1.807) is 0 Å². The van der Waals surface area contributed by atoms with Gasteiger partial charge >= 0.3 is 0 Å². The highest BCUT2D eigenvalue weighted by molar-refractivity contribution is 9.11. The number of hydrogen-bond acceptors (Lipinski definition) is 4. The monoisotopic (exact) mass is 1620 g/mol. The molecule has 106 heavy (non-hydrogen) atoms. The van der Waals surface area contributed by atoms with Crippen molar-refractivity contribution in [3.8, 4) is 33.4 Å². The van der Waals surface area contributed by atoms with Crippen LogP contribution < -0.4 is 19.6 Å². The maximum absolute atomic E-state index is 3.63. The van der Waals surface area contributed by atoms with E-state index < -0.39 is 0 Å². The molecule has 0 fully saturated rings. The van der Waals surface area contributed by atoms with Crippen molar-refractivity contribution in [2.24, 2.45) is 0 Å². The minimum Gasteiger partial charge on any atom is -0.310 e. The summed E-state index contributed by atoms with van der Waals surface area (Å²) in [7, 11) is 0. The Balaban J connectivity index is 0.000000119. The van der Waals surface area contributed by atoms with E-state index in [9.17, 15) is 0 Å². The summed E-state index contributed by atoms with van der Waals surface area (Å²) in [4.78, 5) is 9.11. The fourth-order valence-corrected chi connectivity index (χ4v) is 14.5. The second kappa shape index (κ2) is 35.2. The van der Waals surface area contributed by atoms with Crippen LogP contribution in [0.4, 0.5) is 68.2 Å². The third-order valence-corrected chi connectivity index (χ3v) is 19.9. The lowest BCUT2D eigenvalue weighted by atomic mass is 10.0. The Hall–Kier alpha value is -11.6. The van der Waals surface area contributed by atoms with Gasteiger partial charge in [0.1, 0.15) is 0 Å². The number of rotatable bonds is 15. The average molecular weight is 1630 g/mol. The molecule has 0 bridgehead atoms. The van der Waals surface area contributed by atoms with Crippen molar-refractivity contribution in [2.75, 3.05) is 19.6 Å². The van der Waals surface area contributed by atoms with Crippen molar-refractivity contribution in [3.05, 3.63) is 455 Å². The predicted molar refractivity (Wildman–Crippen MR) is 467 cm³/mol. The molecule has 512 valence electrons. The number of anilines is 12. The normalized spacial score (nSPS) is 10.6. The lowest BCUT2D eigenvalue weighted by Gasteiger charge is -2.26. The molecule has 17 rings (SSSR count). The number of para-hydroxylation sites is 3. The van der Waals surface area contributed by atoms with Crippen LogP contribution in [0.2, 0.25) is 0 Å². The summed E-state index contributed by atoms with van der Waals surface area (Å²) < 4.78 is 4.26. The van der Waals surface area contributed by atoms with Crippen molar-refractivity contribution in [2.45, 2.75) is 0 Å². The van der Waals surface area contributed by atoms with Crippen molar-refractivity contribution < 1.29 is 0 Å². The van der Waals surface area contributed by atoms with E-state index in [4.69, 9.17) is 0 Å². The highest BCUT2D eigenvalue weighted by Crippen LogP contribution is 2.42. The topological polar surface area (TPSA) is 13.0 Å². The molecule has 17 aromatic rings. The molecule has 0 amide bonds. The van der Waals surface area contributed by atoms with Gasteiger partial charge in [-0.1, -0.05) is 331 Å². The van der Waals surface area contributed by atoms with Gasteiger partial charge in [-0.15, -0.1) is 0 Å². The van der Waals surface area contributed by atoms with Crippen LogP contribution in [-0.2, 0) is 0 Å². The van der Waals surface area contributed by atoms with Crippen LogP contribution in [0.25, 0.3) is 54.9 Å². The Morgan fingerprint density at radius 3 is 0.632 bits per heavy atom. The molecule has 4 nitrogen and oxygen atoms in total. The minimum atomic E-state index is 1.06. The quantitative estimate of drug-likeness (QED) is 0.101. The van der Waals surface area contributed by atoms with Gasteiger partial charge in [-0.3, -0.25) is 0 Å². The summed E-state index contributed by atoms with van der Waals surface area (Å²) in [6.07, 6.45) is 0. The molecule has 0 heterocycles. The Morgan fingerprint density at radius 2 is 0.321 bits per heavy atom. The van der Waals surface area contributed by atoms with Crippen LogP contribution in [0.3, 0.4) is 0 Å². The zero-order valence-electron chi connectivity index (χ0n) is 57.9. The smallest absolute Gasteiger partial charge is 0.0472 e. The van der Waals surface area contributed by atoms with Gasteiger partial charge in [0.05, 0.1) is 0 Å². The summed E-state index contributed by atoms with van der Waals surface area (Å²) in [6.45, 7) is 0. The summed E-state index contributed by atoms with van der Waals surface area (Å²) in [5.74, 6) is 0. The number of nitrogens with zero attached hydrogens (tertiary/aromatic N) is 4. The van der Waals surface area contributed by atoms with Gasteiger partial charge < -0.3 is 19.6 Å². The number of halogens is 4. The van der Waals surface area contributed by atoms with Gasteiger partial charge in [-0.05, 0) is 225 Å². The lowest BCUT2D eigenvalue weighted by molar-refractivity contribution is 1.28. The first-order chi connectivity index (χ1) is 52.2. The number of benzene rings is 17. The summed E-state index contributed by atoms with van der Waals surface area (Å²) in [5, 5.41) is 4.97.